The molecule has 13 heteroatoms. The monoisotopic (exact) mass is 532 g/mol. The van der Waals surface area contributed by atoms with Crippen molar-refractivity contribution in [3.8, 4) is 0 Å². The summed E-state index contributed by atoms with van der Waals surface area (Å²) in [4.78, 5) is 25.2. The molecule has 202 valence electrons. The molecule has 4 N–H and O–H groups in total. The normalized spacial score (nSPS) is 19.5. The fourth-order valence-electron chi connectivity index (χ4n) is 4.05. The highest BCUT2D eigenvalue weighted by Crippen LogP contribution is 2.32. The van der Waals surface area contributed by atoms with Crippen LogP contribution in [0.25, 0.3) is 11.2 Å². The molecular formula is C24H36N6O6Si. The predicted molar refractivity (Wildman–Crippen MR) is 140 cm³/mol. The fraction of sp³-hybridized carbons (Fsp3) is 0.500. The minimum Gasteiger partial charge on any atom is -0.390 e. The number of carbonyl (C=O) groups is 1. The molecule has 3 aromatic rings. The van der Waals surface area contributed by atoms with Crippen LogP contribution in [-0.2, 0) is 18.0 Å². The van der Waals surface area contributed by atoms with E-state index in [-0.39, 0.29) is 18.2 Å². The van der Waals surface area contributed by atoms with Gasteiger partial charge in [0.15, 0.2) is 17.0 Å². The van der Waals surface area contributed by atoms with Gasteiger partial charge in [0.1, 0.15) is 12.6 Å². The molecule has 1 aliphatic rings. The first-order valence-electron chi connectivity index (χ1n) is 12.1. The van der Waals surface area contributed by atoms with Crippen LogP contribution in [0.1, 0.15) is 42.8 Å². The van der Waals surface area contributed by atoms with Crippen LogP contribution >= 0.6 is 0 Å². The molecule has 37 heavy (non-hydrogen) atoms. The number of benzene rings is 1. The van der Waals surface area contributed by atoms with Crippen molar-refractivity contribution in [2.45, 2.75) is 50.7 Å². The van der Waals surface area contributed by atoms with Crippen LogP contribution in [0.4, 0.5) is 5.82 Å². The fourth-order valence-corrected chi connectivity index (χ4v) is 5.80. The molecule has 12 nitrogen and oxygen atoms in total. The average Bonchev–Trinajstić information content (AvgIpc) is 3.54. The Kier molecular flexibility index (Phi) is 10.6. The number of anilines is 1. The number of nitrogens with zero attached hydrogens (tertiary/aromatic N) is 4. The average molecular weight is 533 g/mol. The van der Waals surface area contributed by atoms with Crippen LogP contribution in [0.15, 0.2) is 43.0 Å². The van der Waals surface area contributed by atoms with Crippen molar-refractivity contribution in [2.75, 3.05) is 33.2 Å². The largest absolute Gasteiger partial charge is 0.500 e. The molecule has 3 atom stereocenters. The molecule has 0 bridgehead atoms. The van der Waals surface area contributed by atoms with E-state index in [0.717, 1.165) is 18.9 Å². The topological polar surface area (TPSA) is 156 Å². The van der Waals surface area contributed by atoms with Crippen molar-refractivity contribution in [3.63, 3.8) is 0 Å². The minimum atomic E-state index is -2.32. The third kappa shape index (κ3) is 6.96. The first-order chi connectivity index (χ1) is 17.9. The lowest BCUT2D eigenvalue weighted by Gasteiger charge is -2.23. The third-order valence-corrected chi connectivity index (χ3v) is 9.00. The summed E-state index contributed by atoms with van der Waals surface area (Å²) < 4.78 is 23.2. The van der Waals surface area contributed by atoms with E-state index in [1.165, 1.54) is 6.33 Å². The lowest BCUT2D eigenvalue weighted by Crippen LogP contribution is -2.42. The van der Waals surface area contributed by atoms with E-state index in [0.29, 0.717) is 35.5 Å². The summed E-state index contributed by atoms with van der Waals surface area (Å²) in [6.45, 7) is 2.62. The van der Waals surface area contributed by atoms with Crippen LogP contribution in [0.2, 0.25) is 6.04 Å². The highest BCUT2D eigenvalue weighted by Gasteiger charge is 2.36. The number of rotatable bonds is 10. The number of aliphatic hydroxyl groups is 1. The Morgan fingerprint density at radius 3 is 2.49 bits per heavy atom. The summed E-state index contributed by atoms with van der Waals surface area (Å²) in [7, 11) is 2.50. The summed E-state index contributed by atoms with van der Waals surface area (Å²) in [5, 5.41) is 12.9. The van der Waals surface area contributed by atoms with Crippen LogP contribution in [0.5, 0.6) is 0 Å². The molecule has 1 unspecified atom stereocenters. The number of aromatic nitrogens is 4. The van der Waals surface area contributed by atoms with Crippen molar-refractivity contribution in [3.05, 3.63) is 48.5 Å². The van der Waals surface area contributed by atoms with Gasteiger partial charge in [0.2, 0.25) is 0 Å². The van der Waals surface area contributed by atoms with E-state index in [1.807, 2.05) is 13.0 Å². The Bertz CT molecular complexity index is 1120. The van der Waals surface area contributed by atoms with Gasteiger partial charge < -0.3 is 34.2 Å². The van der Waals surface area contributed by atoms with Gasteiger partial charge in [-0.25, -0.2) is 15.0 Å². The molecule has 4 rings (SSSR count). The van der Waals surface area contributed by atoms with Crippen molar-refractivity contribution >= 4 is 31.7 Å². The van der Waals surface area contributed by atoms with Crippen molar-refractivity contribution in [1.82, 2.24) is 19.5 Å². The van der Waals surface area contributed by atoms with E-state index < -0.39 is 14.9 Å². The lowest BCUT2D eigenvalue weighted by molar-refractivity contribution is -0.0183. The van der Waals surface area contributed by atoms with E-state index in [4.69, 9.17) is 23.7 Å². The number of ether oxygens (including phenoxy) is 1. The molecule has 0 spiro atoms. The molecule has 1 amide bonds. The number of carbonyl (C=O) groups excluding carboxylic acids is 1. The quantitative estimate of drug-likeness (QED) is 0.331. The molecule has 3 heterocycles. The van der Waals surface area contributed by atoms with E-state index >= 15 is 0 Å². The van der Waals surface area contributed by atoms with Gasteiger partial charge in [-0.2, -0.15) is 0 Å². The summed E-state index contributed by atoms with van der Waals surface area (Å²) in [6.07, 6.45) is 4.01. The zero-order valence-corrected chi connectivity index (χ0v) is 22.7. The Morgan fingerprint density at radius 1 is 1.19 bits per heavy atom. The number of aliphatic hydroxyl groups excluding tert-OH is 1. The number of hydrogen-bond donors (Lipinski definition) is 3. The van der Waals surface area contributed by atoms with Gasteiger partial charge in [0.25, 0.3) is 5.91 Å². The van der Waals surface area contributed by atoms with E-state index in [2.05, 4.69) is 20.3 Å². The van der Waals surface area contributed by atoms with Gasteiger partial charge in [-0.1, -0.05) is 25.1 Å². The van der Waals surface area contributed by atoms with Gasteiger partial charge in [-0.15, -0.1) is 0 Å². The maximum Gasteiger partial charge on any atom is 0.500 e. The Hall–Kier alpha value is -2.78. The number of imidazole rings is 1. The number of nitrogens with two attached hydrogens (primary N) is 1. The zero-order valence-electron chi connectivity index (χ0n) is 21.7. The summed E-state index contributed by atoms with van der Waals surface area (Å²) in [6, 6.07) is 9.68. The second kappa shape index (κ2) is 13.7. The molecule has 0 saturated carbocycles. The summed E-state index contributed by atoms with van der Waals surface area (Å²) in [5.74, 6) is 0.0759. The van der Waals surface area contributed by atoms with Crippen LogP contribution < -0.4 is 11.1 Å². The first-order valence-corrected chi connectivity index (χ1v) is 14.1. The Labute approximate surface area is 217 Å². The van der Waals surface area contributed by atoms with Crippen molar-refractivity contribution in [2.24, 2.45) is 5.73 Å². The smallest absolute Gasteiger partial charge is 0.390 e. The van der Waals surface area contributed by atoms with E-state index in [1.54, 1.807) is 56.5 Å². The van der Waals surface area contributed by atoms with Gasteiger partial charge in [0, 0.05) is 39.4 Å². The molecule has 0 aliphatic carbocycles. The molecule has 2 aromatic heterocycles. The molecule has 1 aliphatic heterocycles. The highest BCUT2D eigenvalue weighted by atomic mass is 28.4. The SMILES string of the molecule is CC[C@H]1O[C@@H](n2cnc3c(NC(=O)c4ccccc4)ncnc32)CC1O.CO[Si](CCCN)(OC)OC. The van der Waals surface area contributed by atoms with Crippen LogP contribution in [0.3, 0.4) is 0 Å². The zero-order chi connectivity index (χ0) is 26.8. The minimum absolute atomic E-state index is 0.198. The Balaban J connectivity index is 0.000000295. The maximum absolute atomic E-state index is 12.4. The second-order valence-corrected chi connectivity index (χ2v) is 11.5. The van der Waals surface area contributed by atoms with Gasteiger partial charge >= 0.3 is 8.80 Å². The van der Waals surface area contributed by atoms with Gasteiger partial charge in [-0.3, -0.25) is 9.36 Å². The first kappa shape index (κ1) is 28.8. The van der Waals surface area contributed by atoms with Crippen molar-refractivity contribution in [1.29, 1.82) is 0 Å². The number of fused-ring (bicyclic) bond motifs is 1. The second-order valence-electron chi connectivity index (χ2n) is 8.39. The number of hydrogen-bond acceptors (Lipinski definition) is 10. The maximum atomic E-state index is 12.4. The van der Waals surface area contributed by atoms with Gasteiger partial charge in [0.05, 0.1) is 18.5 Å². The van der Waals surface area contributed by atoms with E-state index in [9.17, 15) is 9.90 Å². The summed E-state index contributed by atoms with van der Waals surface area (Å²) >= 11 is 0. The standard InChI is InChI=1S/C18H19N5O3.C6H17NO3Si/c1-2-13-12(24)8-14(26-13)23-10-21-15-16(19-9-20-17(15)23)22-18(25)11-6-4-3-5-7-11;1-8-11(9-2,10-3)6-4-5-7/h3-7,9-10,12-14,24H,2,8H2,1H3,(H,19,20,22,25);4-7H2,1-3H3/t12?,13-,14-;/m1./s1. The molecule has 1 fully saturated rings. The molecular weight excluding hydrogens is 496 g/mol. The predicted octanol–water partition coefficient (Wildman–Crippen LogP) is 2.35. The Morgan fingerprint density at radius 2 is 1.89 bits per heavy atom. The number of amides is 1. The summed E-state index contributed by atoms with van der Waals surface area (Å²) in [5.41, 5.74) is 6.92. The van der Waals surface area contributed by atoms with Crippen molar-refractivity contribution < 1.29 is 27.9 Å². The molecule has 1 saturated heterocycles. The van der Waals surface area contributed by atoms with Crippen LogP contribution in [-0.4, -0.2) is 79.4 Å². The molecule has 1 aromatic carbocycles. The highest BCUT2D eigenvalue weighted by molar-refractivity contribution is 6.60. The third-order valence-electron chi connectivity index (χ3n) is 6.16. The van der Waals surface area contributed by atoms with Gasteiger partial charge in [-0.05, 0) is 31.5 Å². The lowest BCUT2D eigenvalue weighted by atomic mass is 10.1. The number of nitrogens with one attached hydrogen (secondary N) is 1. The molecule has 0 radical (unpaired) electrons. The van der Waals surface area contributed by atoms with Crippen LogP contribution in [0, 0.1) is 0 Å².